The van der Waals surface area contributed by atoms with Crippen molar-refractivity contribution in [3.8, 4) is 10.6 Å². The van der Waals surface area contributed by atoms with Crippen molar-refractivity contribution in [2.24, 2.45) is 16.7 Å². The van der Waals surface area contributed by atoms with E-state index in [0.29, 0.717) is 22.8 Å². The van der Waals surface area contributed by atoms with Gasteiger partial charge in [0.1, 0.15) is 5.01 Å². The van der Waals surface area contributed by atoms with E-state index >= 15 is 0 Å². The lowest BCUT2D eigenvalue weighted by molar-refractivity contribution is 0.0970. The number of benzene rings is 1. The number of aromatic nitrogens is 1. The van der Waals surface area contributed by atoms with Crippen molar-refractivity contribution in [3.63, 3.8) is 0 Å². The first-order valence-electron chi connectivity index (χ1n) is 12.3. The lowest BCUT2D eigenvalue weighted by atomic mass is 9.60. The average Bonchev–Trinajstić information content (AvgIpc) is 3.34. The summed E-state index contributed by atoms with van der Waals surface area (Å²) in [4.78, 5) is 7.31. The third-order valence-electron chi connectivity index (χ3n) is 7.61. The second-order valence-corrected chi connectivity index (χ2v) is 12.9. The van der Waals surface area contributed by atoms with Crippen LogP contribution in [-0.4, -0.2) is 30.7 Å². The Morgan fingerprint density at radius 3 is 2.45 bits per heavy atom. The van der Waals surface area contributed by atoms with E-state index in [1.54, 1.807) is 16.9 Å². The van der Waals surface area contributed by atoms with Crippen LogP contribution in [0.1, 0.15) is 77.7 Å². The molecule has 3 fully saturated rings. The van der Waals surface area contributed by atoms with Crippen LogP contribution in [0.5, 0.6) is 0 Å². The van der Waals surface area contributed by atoms with Crippen molar-refractivity contribution in [1.82, 2.24) is 10.3 Å². The maximum atomic E-state index is 4.62. The smallest absolute Gasteiger partial charge is 0.123 e. The Balaban J connectivity index is 0.00000153. The fraction of sp³-hybridized carbons (Fsp3) is 0.667. The Bertz CT molecular complexity index is 892. The highest BCUT2D eigenvalue weighted by atomic mass is 35.5. The molecule has 33 heavy (non-hydrogen) atoms. The Morgan fingerprint density at radius 2 is 1.82 bits per heavy atom. The molecule has 1 aliphatic heterocycles. The number of nitrogens with zero attached hydrogens (tertiary/aromatic N) is 2. The van der Waals surface area contributed by atoms with Crippen molar-refractivity contribution in [2.75, 3.05) is 24.5 Å². The maximum Gasteiger partial charge on any atom is 0.123 e. The van der Waals surface area contributed by atoms with Gasteiger partial charge in [-0.3, -0.25) is 0 Å². The minimum atomic E-state index is 0. The lowest BCUT2D eigenvalue weighted by Gasteiger charge is -2.46. The van der Waals surface area contributed by atoms with Gasteiger partial charge in [0.2, 0.25) is 0 Å². The highest BCUT2D eigenvalue weighted by Gasteiger charge is 2.40. The molecule has 1 saturated heterocycles. The van der Waals surface area contributed by atoms with Crippen molar-refractivity contribution in [2.45, 2.75) is 78.2 Å². The number of thiazole rings is 1. The van der Waals surface area contributed by atoms with Crippen LogP contribution in [0.4, 0.5) is 5.69 Å². The van der Waals surface area contributed by atoms with Crippen LogP contribution < -0.4 is 10.2 Å². The largest absolute Gasteiger partial charge is 0.368 e. The number of nitrogens with one attached hydrogen (secondary N) is 1. The van der Waals surface area contributed by atoms with Crippen LogP contribution in [0.15, 0.2) is 29.8 Å². The summed E-state index contributed by atoms with van der Waals surface area (Å²) in [7, 11) is 0. The van der Waals surface area contributed by atoms with Gasteiger partial charge in [-0.1, -0.05) is 40.5 Å². The number of anilines is 1. The quantitative estimate of drug-likeness (QED) is 0.450. The molecular weight excluding hydrogens is 469 g/mol. The fourth-order valence-electron chi connectivity index (χ4n) is 6.69. The first-order chi connectivity index (χ1) is 14.8. The molecular formula is C27H41Cl2N3S. The van der Waals surface area contributed by atoms with E-state index in [1.165, 1.54) is 49.8 Å². The average molecular weight is 511 g/mol. The highest BCUT2D eigenvalue weighted by Crippen LogP contribution is 2.53. The van der Waals surface area contributed by atoms with Crippen LogP contribution in [0.3, 0.4) is 0 Å². The molecule has 2 saturated carbocycles. The third kappa shape index (κ3) is 6.45. The molecule has 2 heterocycles. The van der Waals surface area contributed by atoms with Crippen LogP contribution in [0, 0.1) is 16.7 Å². The molecule has 6 heteroatoms. The van der Waals surface area contributed by atoms with E-state index in [1.807, 2.05) is 6.20 Å². The zero-order chi connectivity index (χ0) is 21.6. The van der Waals surface area contributed by atoms with Gasteiger partial charge in [-0.25, -0.2) is 4.98 Å². The predicted octanol–water partition coefficient (Wildman–Crippen LogP) is 7.55. The van der Waals surface area contributed by atoms with Gasteiger partial charge in [0.25, 0.3) is 0 Å². The monoisotopic (exact) mass is 509 g/mol. The number of hydrogen-bond acceptors (Lipinski definition) is 4. The molecule has 5 rings (SSSR count). The van der Waals surface area contributed by atoms with Gasteiger partial charge in [0, 0.05) is 48.5 Å². The van der Waals surface area contributed by atoms with Gasteiger partial charge in [0.05, 0.1) is 0 Å². The molecule has 3 aliphatic rings. The van der Waals surface area contributed by atoms with Gasteiger partial charge in [-0.15, -0.1) is 36.2 Å². The molecule has 0 amide bonds. The van der Waals surface area contributed by atoms with Gasteiger partial charge >= 0.3 is 0 Å². The molecule has 184 valence electrons. The number of hydrogen-bond donors (Lipinski definition) is 1. The summed E-state index contributed by atoms with van der Waals surface area (Å²) in [6, 6.07) is 7.87. The van der Waals surface area contributed by atoms with E-state index in [4.69, 9.17) is 0 Å². The first-order valence-corrected chi connectivity index (χ1v) is 13.2. The SMILES string of the molecule is CC1(C)CC(c2cc(-c3nccs3)ccc2N2CCNC(CC3CC3)C2)CC(C)(C)C1.Cl.Cl. The van der Waals surface area contributed by atoms with Gasteiger partial charge in [-0.2, -0.15) is 0 Å². The Morgan fingerprint density at radius 1 is 1.09 bits per heavy atom. The van der Waals surface area contributed by atoms with E-state index in [9.17, 15) is 0 Å². The second-order valence-electron chi connectivity index (χ2n) is 12.0. The highest BCUT2D eigenvalue weighted by molar-refractivity contribution is 7.13. The molecule has 0 spiro atoms. The molecule has 0 radical (unpaired) electrons. The van der Waals surface area contributed by atoms with Gasteiger partial charge in [0.15, 0.2) is 0 Å². The Hall–Kier alpha value is -0.810. The Labute approximate surface area is 217 Å². The molecule has 2 aromatic rings. The summed E-state index contributed by atoms with van der Waals surface area (Å²) in [5.74, 6) is 1.59. The summed E-state index contributed by atoms with van der Waals surface area (Å²) in [5.41, 5.74) is 5.12. The maximum absolute atomic E-state index is 4.62. The molecule has 3 nitrogen and oxygen atoms in total. The van der Waals surface area contributed by atoms with Crippen molar-refractivity contribution in [3.05, 3.63) is 35.3 Å². The summed E-state index contributed by atoms with van der Waals surface area (Å²) in [6.07, 6.45) is 10.0. The molecule has 1 aromatic carbocycles. The zero-order valence-corrected chi connectivity index (χ0v) is 23.1. The van der Waals surface area contributed by atoms with Crippen molar-refractivity contribution >= 4 is 41.8 Å². The van der Waals surface area contributed by atoms with Crippen molar-refractivity contribution in [1.29, 1.82) is 0 Å². The predicted molar refractivity (Wildman–Crippen MR) is 148 cm³/mol. The first kappa shape index (κ1) is 26.8. The second kappa shape index (κ2) is 10.4. The molecule has 0 bridgehead atoms. The van der Waals surface area contributed by atoms with Crippen molar-refractivity contribution < 1.29 is 0 Å². The van der Waals surface area contributed by atoms with E-state index in [0.717, 1.165) is 30.6 Å². The third-order valence-corrected chi connectivity index (χ3v) is 8.43. The molecule has 1 aromatic heterocycles. The molecule has 1 unspecified atom stereocenters. The zero-order valence-electron chi connectivity index (χ0n) is 20.6. The summed E-state index contributed by atoms with van der Waals surface area (Å²) < 4.78 is 0. The minimum absolute atomic E-state index is 0. The number of halogens is 2. The molecule has 1 N–H and O–H groups in total. The van der Waals surface area contributed by atoms with Crippen LogP contribution in [0.25, 0.3) is 10.6 Å². The van der Waals surface area contributed by atoms with E-state index < -0.39 is 0 Å². The lowest BCUT2D eigenvalue weighted by Crippen LogP contribution is -2.51. The van der Waals surface area contributed by atoms with Crippen LogP contribution >= 0.6 is 36.2 Å². The molecule has 2 aliphatic carbocycles. The minimum Gasteiger partial charge on any atom is -0.368 e. The van der Waals surface area contributed by atoms with Gasteiger partial charge < -0.3 is 10.2 Å². The summed E-state index contributed by atoms with van der Waals surface area (Å²) in [5, 5.41) is 7.04. The fourth-order valence-corrected chi connectivity index (χ4v) is 7.33. The Kier molecular flexibility index (Phi) is 8.47. The summed E-state index contributed by atoms with van der Waals surface area (Å²) >= 11 is 1.75. The molecule has 1 atom stereocenters. The van der Waals surface area contributed by atoms with E-state index in [-0.39, 0.29) is 24.8 Å². The number of piperazine rings is 1. The standard InChI is InChI=1S/C27H39N3S.2ClH/c1-26(2)15-21(16-27(3,4)18-26)23-14-20(25-29-10-12-31-25)7-8-24(23)30-11-9-28-22(17-30)13-19-5-6-19;;/h7-8,10,12,14,19,21-22,28H,5-6,9,11,13,15-18H2,1-4H3;2*1H. The van der Waals surface area contributed by atoms with E-state index in [2.05, 4.69) is 66.5 Å². The van der Waals surface area contributed by atoms with Crippen LogP contribution in [-0.2, 0) is 0 Å². The number of rotatable bonds is 5. The normalized spacial score (nSPS) is 24.6. The van der Waals surface area contributed by atoms with Gasteiger partial charge in [-0.05, 0) is 72.1 Å². The summed E-state index contributed by atoms with van der Waals surface area (Å²) in [6.45, 7) is 13.3. The van der Waals surface area contributed by atoms with Crippen LogP contribution in [0.2, 0.25) is 0 Å². The topological polar surface area (TPSA) is 28.2 Å².